The Morgan fingerprint density at radius 1 is 1.19 bits per heavy atom. The molecule has 1 heterocycles. The third kappa shape index (κ3) is 2.82. The lowest BCUT2D eigenvalue weighted by molar-refractivity contribution is 0.00578. The molecule has 1 aromatic rings. The van der Waals surface area contributed by atoms with Gasteiger partial charge in [-0.2, -0.15) is 0 Å². The summed E-state index contributed by atoms with van der Waals surface area (Å²) >= 11 is 6.22. The number of benzene rings is 1. The van der Waals surface area contributed by atoms with E-state index in [1.807, 2.05) is 40.7 Å². The fourth-order valence-corrected chi connectivity index (χ4v) is 2.60. The minimum Gasteiger partial charge on any atom is -0.465 e. The zero-order valence-corrected chi connectivity index (χ0v) is 14.0. The number of hydrogen-bond donors (Lipinski definition) is 0. The molecule has 0 saturated carbocycles. The summed E-state index contributed by atoms with van der Waals surface area (Å²) in [5.41, 5.74) is 1.07. The maximum atomic E-state index is 11.7. The highest BCUT2D eigenvalue weighted by atomic mass is 35.5. The molecule has 1 aliphatic rings. The molecule has 0 aliphatic carbocycles. The van der Waals surface area contributed by atoms with Crippen LogP contribution in [-0.2, 0) is 14.0 Å². The van der Waals surface area contributed by atoms with Crippen LogP contribution in [0.2, 0.25) is 5.02 Å². The third-order valence-corrected chi connectivity index (χ3v) is 4.52. The van der Waals surface area contributed by atoms with Crippen LogP contribution in [-0.4, -0.2) is 31.4 Å². The van der Waals surface area contributed by atoms with E-state index in [2.05, 4.69) is 0 Å². The molecule has 1 aromatic carbocycles. The molecule has 6 heteroatoms. The molecule has 0 radical (unpaired) electrons. The molecule has 0 bridgehead atoms. The summed E-state index contributed by atoms with van der Waals surface area (Å²) in [6, 6.07) is 3.54. The number of carbonyl (C=O) groups excluding carboxylic acids is 1. The lowest BCUT2D eigenvalue weighted by Crippen LogP contribution is -2.41. The normalized spacial score (nSPS) is 19.7. The van der Waals surface area contributed by atoms with Gasteiger partial charge in [0.2, 0.25) is 0 Å². The number of methoxy groups -OCH3 is 1. The molecule has 1 fully saturated rings. The molecule has 0 spiro atoms. The number of aryl methyl sites for hydroxylation is 1. The quantitative estimate of drug-likeness (QED) is 0.622. The summed E-state index contributed by atoms with van der Waals surface area (Å²) in [4.78, 5) is 11.7. The smallest absolute Gasteiger partial charge is 0.465 e. The van der Waals surface area contributed by atoms with Gasteiger partial charge < -0.3 is 14.0 Å². The molecule has 114 valence electrons. The Morgan fingerprint density at radius 2 is 1.71 bits per heavy atom. The number of halogens is 1. The van der Waals surface area contributed by atoms with Gasteiger partial charge in [0.1, 0.15) is 0 Å². The predicted molar refractivity (Wildman–Crippen MR) is 83.2 cm³/mol. The van der Waals surface area contributed by atoms with E-state index in [-0.39, 0.29) is 0 Å². The monoisotopic (exact) mass is 310 g/mol. The molecule has 0 unspecified atom stereocenters. The van der Waals surface area contributed by atoms with E-state index in [1.165, 1.54) is 7.11 Å². The van der Waals surface area contributed by atoms with Crippen molar-refractivity contribution in [1.29, 1.82) is 0 Å². The Balaban J connectivity index is 2.38. The highest BCUT2D eigenvalue weighted by molar-refractivity contribution is 6.62. The van der Waals surface area contributed by atoms with Crippen molar-refractivity contribution < 1.29 is 18.8 Å². The molecule has 0 aromatic heterocycles. The van der Waals surface area contributed by atoms with Crippen molar-refractivity contribution in [2.24, 2.45) is 0 Å². The lowest BCUT2D eigenvalue weighted by atomic mass is 9.78. The van der Waals surface area contributed by atoms with E-state index in [0.29, 0.717) is 10.6 Å². The van der Waals surface area contributed by atoms with Crippen LogP contribution >= 0.6 is 11.6 Å². The fourth-order valence-electron chi connectivity index (χ4n) is 2.25. The topological polar surface area (TPSA) is 44.8 Å². The van der Waals surface area contributed by atoms with Crippen LogP contribution < -0.4 is 5.46 Å². The van der Waals surface area contributed by atoms with Gasteiger partial charge in [-0.3, -0.25) is 0 Å². The molecule has 1 saturated heterocycles. The van der Waals surface area contributed by atoms with Gasteiger partial charge >= 0.3 is 13.1 Å². The zero-order valence-electron chi connectivity index (χ0n) is 13.2. The van der Waals surface area contributed by atoms with Gasteiger partial charge in [0.25, 0.3) is 0 Å². The molecule has 21 heavy (non-hydrogen) atoms. The zero-order chi connectivity index (χ0) is 16.0. The SMILES string of the molecule is COC(=O)c1c(C)cc(B2OC(C)(C)C(C)(C)O2)cc1Cl. The van der Waals surface area contributed by atoms with Crippen LogP contribution in [0.4, 0.5) is 0 Å². The van der Waals surface area contributed by atoms with Crippen LogP contribution in [0.5, 0.6) is 0 Å². The molecular formula is C15H20BClO4. The molecule has 0 amide bonds. The van der Waals surface area contributed by atoms with Gasteiger partial charge in [0.05, 0.1) is 28.9 Å². The summed E-state index contributed by atoms with van der Waals surface area (Å²) in [6.07, 6.45) is 0. The molecule has 0 atom stereocenters. The van der Waals surface area contributed by atoms with E-state index >= 15 is 0 Å². The highest BCUT2D eigenvalue weighted by Gasteiger charge is 2.51. The maximum Gasteiger partial charge on any atom is 0.494 e. The Hall–Kier alpha value is -1.04. The first-order valence-electron chi connectivity index (χ1n) is 6.83. The van der Waals surface area contributed by atoms with Gasteiger partial charge in [0, 0.05) is 0 Å². The highest BCUT2D eigenvalue weighted by Crippen LogP contribution is 2.36. The third-order valence-electron chi connectivity index (χ3n) is 4.22. The molecule has 4 nitrogen and oxygen atoms in total. The van der Waals surface area contributed by atoms with Crippen molar-refractivity contribution in [1.82, 2.24) is 0 Å². The van der Waals surface area contributed by atoms with Gasteiger partial charge in [-0.05, 0) is 51.7 Å². The number of esters is 1. The van der Waals surface area contributed by atoms with Crippen LogP contribution in [0, 0.1) is 6.92 Å². The van der Waals surface area contributed by atoms with E-state index < -0.39 is 24.3 Å². The van der Waals surface area contributed by atoms with Crippen molar-refractivity contribution in [3.05, 3.63) is 28.3 Å². The largest absolute Gasteiger partial charge is 0.494 e. The summed E-state index contributed by atoms with van der Waals surface area (Å²) in [5, 5.41) is 0.339. The van der Waals surface area contributed by atoms with Gasteiger partial charge in [0.15, 0.2) is 0 Å². The van der Waals surface area contributed by atoms with Crippen molar-refractivity contribution in [2.45, 2.75) is 45.8 Å². The van der Waals surface area contributed by atoms with Crippen LogP contribution in [0.3, 0.4) is 0 Å². The number of carbonyl (C=O) groups is 1. The Kier molecular flexibility index (Phi) is 4.13. The van der Waals surface area contributed by atoms with Crippen molar-refractivity contribution >= 4 is 30.2 Å². The van der Waals surface area contributed by atoms with E-state index in [9.17, 15) is 4.79 Å². The average molecular weight is 311 g/mol. The van der Waals surface area contributed by atoms with Gasteiger partial charge in [-0.25, -0.2) is 4.79 Å². The summed E-state index contributed by atoms with van der Waals surface area (Å²) in [6.45, 7) is 9.77. The van der Waals surface area contributed by atoms with Crippen molar-refractivity contribution in [3.8, 4) is 0 Å². The lowest BCUT2D eigenvalue weighted by Gasteiger charge is -2.32. The first-order chi connectivity index (χ1) is 9.59. The predicted octanol–water partition coefficient (Wildman–Crippen LogP) is 2.73. The molecule has 0 N–H and O–H groups in total. The average Bonchev–Trinajstić information content (AvgIpc) is 2.57. The Labute approximate surface area is 130 Å². The van der Waals surface area contributed by atoms with Crippen LogP contribution in [0.1, 0.15) is 43.6 Å². The first-order valence-corrected chi connectivity index (χ1v) is 7.21. The number of rotatable bonds is 2. The minimum absolute atomic E-state index is 0.339. The van der Waals surface area contributed by atoms with Crippen LogP contribution in [0.15, 0.2) is 12.1 Å². The number of hydrogen-bond acceptors (Lipinski definition) is 4. The summed E-state index contributed by atoms with van der Waals surface area (Å²) in [5.74, 6) is -0.446. The fraction of sp³-hybridized carbons (Fsp3) is 0.533. The van der Waals surface area contributed by atoms with E-state index in [0.717, 1.165) is 11.0 Å². The Bertz CT molecular complexity index is 544. The van der Waals surface area contributed by atoms with E-state index in [1.54, 1.807) is 6.07 Å². The molecule has 1 aliphatic heterocycles. The van der Waals surface area contributed by atoms with Gasteiger partial charge in [-0.15, -0.1) is 0 Å². The van der Waals surface area contributed by atoms with Crippen LogP contribution in [0.25, 0.3) is 0 Å². The van der Waals surface area contributed by atoms with E-state index in [4.69, 9.17) is 25.6 Å². The first kappa shape index (κ1) is 16.3. The molecular weight excluding hydrogens is 290 g/mol. The molecule has 2 rings (SSSR count). The van der Waals surface area contributed by atoms with Crippen molar-refractivity contribution in [2.75, 3.05) is 7.11 Å². The van der Waals surface area contributed by atoms with Gasteiger partial charge in [-0.1, -0.05) is 17.7 Å². The maximum absolute atomic E-state index is 11.7. The second kappa shape index (κ2) is 5.31. The minimum atomic E-state index is -0.502. The summed E-state index contributed by atoms with van der Waals surface area (Å²) < 4.78 is 16.7. The second-order valence-electron chi connectivity index (χ2n) is 6.27. The summed E-state index contributed by atoms with van der Waals surface area (Å²) in [7, 11) is 0.832. The number of ether oxygens (including phenoxy) is 1. The standard InChI is InChI=1S/C15H20BClO4/c1-9-7-10(8-11(17)12(9)13(18)19-6)16-20-14(2,3)15(4,5)21-16/h7-8H,1-6H3. The van der Waals surface area contributed by atoms with Crippen molar-refractivity contribution in [3.63, 3.8) is 0 Å². The Morgan fingerprint density at radius 3 is 2.14 bits per heavy atom. The second-order valence-corrected chi connectivity index (χ2v) is 6.68.